The van der Waals surface area contributed by atoms with Gasteiger partial charge in [-0.05, 0) is 42.8 Å². The molecule has 0 fully saturated rings. The summed E-state index contributed by atoms with van der Waals surface area (Å²) in [5.41, 5.74) is 1.13. The van der Waals surface area contributed by atoms with Crippen molar-refractivity contribution in [2.24, 2.45) is 0 Å². The van der Waals surface area contributed by atoms with Crippen LogP contribution in [0.25, 0.3) is 0 Å². The number of ether oxygens (including phenoxy) is 1. The van der Waals surface area contributed by atoms with Gasteiger partial charge < -0.3 is 10.1 Å². The highest BCUT2D eigenvalue weighted by Gasteiger charge is 2.17. The maximum absolute atomic E-state index is 13.4. The molecule has 0 saturated heterocycles. The number of carbonyl (C=O) groups excluding carboxylic acids is 1. The van der Waals surface area contributed by atoms with Crippen molar-refractivity contribution in [3.05, 3.63) is 94.5 Å². The summed E-state index contributed by atoms with van der Waals surface area (Å²) in [4.78, 5) is 12.7. The number of amides is 1. The van der Waals surface area contributed by atoms with Crippen LogP contribution in [0.4, 0.5) is 8.78 Å². The Labute approximate surface area is 160 Å². The predicted molar refractivity (Wildman–Crippen MR) is 100 cm³/mol. The molecule has 1 amide bonds. The van der Waals surface area contributed by atoms with Crippen molar-refractivity contribution in [2.75, 3.05) is 0 Å². The number of hydrogen-bond acceptors (Lipinski definition) is 2. The second-order valence-corrected chi connectivity index (χ2v) is 6.36. The molecule has 138 valence electrons. The monoisotopic (exact) mass is 387 g/mol. The van der Waals surface area contributed by atoms with E-state index < -0.39 is 17.5 Å². The lowest BCUT2D eigenvalue weighted by Crippen LogP contribution is -2.27. The number of carbonyl (C=O) groups is 1. The zero-order chi connectivity index (χ0) is 19.4. The third-order valence-electron chi connectivity index (χ3n) is 3.95. The molecule has 0 radical (unpaired) electrons. The van der Waals surface area contributed by atoms with Crippen molar-refractivity contribution in [3.8, 4) is 11.5 Å². The molecule has 3 aromatic rings. The minimum atomic E-state index is -1.04. The fraction of sp³-hybridized carbons (Fsp3) is 0.0952. The molecular weight excluding hydrogens is 372 g/mol. The zero-order valence-electron chi connectivity index (χ0n) is 14.4. The Kier molecular flexibility index (Phi) is 5.72. The summed E-state index contributed by atoms with van der Waals surface area (Å²) in [5, 5.41) is 3.23. The van der Waals surface area contributed by atoms with Crippen LogP contribution in [0, 0.1) is 11.6 Å². The van der Waals surface area contributed by atoms with Crippen LogP contribution in [0.2, 0.25) is 5.02 Å². The van der Waals surface area contributed by atoms with Gasteiger partial charge in [0.2, 0.25) is 0 Å². The van der Waals surface area contributed by atoms with Crippen LogP contribution in [0.15, 0.2) is 66.7 Å². The summed E-state index contributed by atoms with van der Waals surface area (Å²) in [7, 11) is 0. The lowest BCUT2D eigenvalue weighted by Gasteiger charge is -2.16. The van der Waals surface area contributed by atoms with E-state index in [-0.39, 0.29) is 23.1 Å². The molecule has 1 atom stereocenters. The Morgan fingerprint density at radius 2 is 1.74 bits per heavy atom. The number of benzene rings is 3. The molecule has 6 heteroatoms. The van der Waals surface area contributed by atoms with Crippen LogP contribution in [0.5, 0.6) is 11.5 Å². The molecule has 0 bridgehead atoms. The molecule has 0 saturated carbocycles. The molecule has 0 unspecified atom stereocenters. The predicted octanol–water partition coefficient (Wildman–Crippen LogP) is 5.90. The van der Waals surface area contributed by atoms with Crippen LogP contribution in [-0.2, 0) is 0 Å². The largest absolute Gasteiger partial charge is 0.456 e. The highest BCUT2D eigenvalue weighted by molar-refractivity contribution is 6.31. The molecule has 0 heterocycles. The number of rotatable bonds is 5. The molecular formula is C21H16ClF2NO2. The number of nitrogens with one attached hydrogen (secondary N) is 1. The van der Waals surface area contributed by atoms with E-state index in [4.69, 9.17) is 16.3 Å². The van der Waals surface area contributed by atoms with Gasteiger partial charge in [0.1, 0.15) is 11.5 Å². The molecule has 0 aromatic heterocycles. The van der Waals surface area contributed by atoms with Crippen molar-refractivity contribution in [1.29, 1.82) is 0 Å². The Balaban J connectivity index is 1.84. The van der Waals surface area contributed by atoms with E-state index in [2.05, 4.69) is 5.32 Å². The highest BCUT2D eigenvalue weighted by Crippen LogP contribution is 2.29. The maximum Gasteiger partial charge on any atom is 0.255 e. The normalized spacial score (nSPS) is 11.7. The van der Waals surface area contributed by atoms with E-state index in [1.807, 2.05) is 37.3 Å². The molecule has 0 spiro atoms. The second kappa shape index (κ2) is 8.18. The lowest BCUT2D eigenvalue weighted by atomic mass is 10.1. The Morgan fingerprint density at radius 3 is 2.44 bits per heavy atom. The Hall–Kier alpha value is -2.92. The van der Waals surface area contributed by atoms with E-state index >= 15 is 0 Å². The van der Waals surface area contributed by atoms with Crippen molar-refractivity contribution < 1.29 is 18.3 Å². The van der Waals surface area contributed by atoms with E-state index in [0.29, 0.717) is 5.02 Å². The molecule has 0 aliphatic heterocycles. The van der Waals surface area contributed by atoms with Gasteiger partial charge >= 0.3 is 0 Å². The van der Waals surface area contributed by atoms with Gasteiger partial charge in [-0.3, -0.25) is 4.79 Å². The van der Waals surface area contributed by atoms with Gasteiger partial charge in [0, 0.05) is 11.1 Å². The summed E-state index contributed by atoms with van der Waals surface area (Å²) in [6.07, 6.45) is 0. The van der Waals surface area contributed by atoms with Crippen molar-refractivity contribution >= 4 is 17.5 Å². The molecule has 0 aliphatic carbocycles. The van der Waals surface area contributed by atoms with E-state index in [0.717, 1.165) is 17.7 Å². The fourth-order valence-electron chi connectivity index (χ4n) is 2.54. The van der Waals surface area contributed by atoms with Gasteiger partial charge in [0.25, 0.3) is 5.91 Å². The van der Waals surface area contributed by atoms with E-state index in [1.54, 1.807) is 6.07 Å². The summed E-state index contributed by atoms with van der Waals surface area (Å²) in [5.74, 6) is -2.16. The summed E-state index contributed by atoms with van der Waals surface area (Å²) in [6, 6.07) is 16.9. The van der Waals surface area contributed by atoms with E-state index in [9.17, 15) is 13.6 Å². The molecule has 27 heavy (non-hydrogen) atoms. The smallest absolute Gasteiger partial charge is 0.255 e. The molecule has 3 nitrogen and oxygen atoms in total. The molecule has 3 rings (SSSR count). The van der Waals surface area contributed by atoms with Crippen LogP contribution in [0.1, 0.15) is 28.9 Å². The maximum atomic E-state index is 13.4. The average molecular weight is 388 g/mol. The average Bonchev–Trinajstić information content (AvgIpc) is 2.66. The lowest BCUT2D eigenvalue weighted by molar-refractivity contribution is 0.0937. The quantitative estimate of drug-likeness (QED) is 0.591. The number of halogens is 3. The highest BCUT2D eigenvalue weighted by atomic mass is 35.5. The van der Waals surface area contributed by atoms with Gasteiger partial charge in [0.15, 0.2) is 11.6 Å². The van der Waals surface area contributed by atoms with Crippen molar-refractivity contribution in [3.63, 3.8) is 0 Å². The molecule has 0 aliphatic rings. The zero-order valence-corrected chi connectivity index (χ0v) is 15.1. The first-order chi connectivity index (χ1) is 12.9. The van der Waals surface area contributed by atoms with Gasteiger partial charge in [-0.1, -0.05) is 41.9 Å². The van der Waals surface area contributed by atoms with Gasteiger partial charge in [-0.2, -0.15) is 0 Å². The third kappa shape index (κ3) is 4.63. The Morgan fingerprint density at radius 1 is 1.00 bits per heavy atom. The Bertz CT molecular complexity index is 964. The third-order valence-corrected chi connectivity index (χ3v) is 4.19. The summed E-state index contributed by atoms with van der Waals surface area (Å²) < 4.78 is 32.1. The van der Waals surface area contributed by atoms with Gasteiger partial charge in [-0.25, -0.2) is 8.78 Å². The van der Waals surface area contributed by atoms with Crippen LogP contribution in [-0.4, -0.2) is 5.91 Å². The van der Waals surface area contributed by atoms with Crippen LogP contribution >= 0.6 is 11.6 Å². The minimum absolute atomic E-state index is 0.0707. The van der Waals surface area contributed by atoms with Crippen molar-refractivity contribution in [2.45, 2.75) is 13.0 Å². The topological polar surface area (TPSA) is 38.3 Å². The second-order valence-electron chi connectivity index (χ2n) is 5.92. The summed E-state index contributed by atoms with van der Waals surface area (Å²) in [6.45, 7) is 1.85. The summed E-state index contributed by atoms with van der Waals surface area (Å²) >= 11 is 6.02. The molecule has 3 aromatic carbocycles. The van der Waals surface area contributed by atoms with Crippen LogP contribution < -0.4 is 10.1 Å². The fourth-order valence-corrected chi connectivity index (χ4v) is 2.71. The van der Waals surface area contributed by atoms with Crippen LogP contribution in [0.3, 0.4) is 0 Å². The van der Waals surface area contributed by atoms with Crippen molar-refractivity contribution in [1.82, 2.24) is 5.32 Å². The number of hydrogen-bond donors (Lipinski definition) is 1. The molecule has 1 N–H and O–H groups in total. The first-order valence-corrected chi connectivity index (χ1v) is 8.60. The SMILES string of the molecule is C[C@H](NC(=O)c1cc(Cl)ccc1Oc1ccc(F)c(F)c1)c1ccccc1. The van der Waals surface area contributed by atoms with Gasteiger partial charge in [0.05, 0.1) is 11.6 Å². The first-order valence-electron chi connectivity index (χ1n) is 8.22. The standard InChI is InChI=1S/C21H16ClF2NO2/c1-13(14-5-3-2-4-6-14)25-21(26)17-11-15(22)7-10-20(17)27-16-8-9-18(23)19(24)12-16/h2-13H,1H3,(H,25,26)/t13-/m0/s1. The first kappa shape index (κ1) is 18.9. The van der Waals surface area contributed by atoms with Gasteiger partial charge in [-0.15, -0.1) is 0 Å². The van der Waals surface area contributed by atoms with E-state index in [1.165, 1.54) is 18.2 Å². The minimum Gasteiger partial charge on any atom is -0.456 e.